The average Bonchev–Trinajstić information content (AvgIpc) is 3.23. The molecule has 4 rings (SSSR count). The number of anilines is 2. The molecule has 0 saturated heterocycles. The van der Waals surface area contributed by atoms with Gasteiger partial charge in [0.1, 0.15) is 5.00 Å². The Hall–Kier alpha value is -3.10. The van der Waals surface area contributed by atoms with Crippen LogP contribution in [0.5, 0.6) is 0 Å². The van der Waals surface area contributed by atoms with Gasteiger partial charge >= 0.3 is 5.97 Å². The van der Waals surface area contributed by atoms with Crippen LogP contribution in [0.15, 0.2) is 53.4 Å². The number of nitrogens with one attached hydrogen (secondary N) is 2. The van der Waals surface area contributed by atoms with Gasteiger partial charge in [-0.25, -0.2) is 4.79 Å². The first-order valence-electron chi connectivity index (χ1n) is 13.7. The second-order valence-electron chi connectivity index (χ2n) is 9.70. The Labute approximate surface area is 238 Å². The molecule has 1 aliphatic rings. The molecule has 1 atom stereocenters. The fraction of sp³-hybridized carbons (Fsp3) is 0.387. The minimum absolute atomic E-state index is 0.142. The normalized spacial score (nSPS) is 13.9. The maximum absolute atomic E-state index is 13.5. The summed E-state index contributed by atoms with van der Waals surface area (Å²) in [5.41, 5.74) is 3.87. The monoisotopic (exact) mass is 564 g/mol. The third-order valence-electron chi connectivity index (χ3n) is 6.70. The number of hydrogen-bond donors (Lipinski definition) is 2. The first kappa shape index (κ1) is 28.9. The fourth-order valence-corrected chi connectivity index (χ4v) is 7.04. The molecule has 1 unspecified atom stereocenters. The van der Waals surface area contributed by atoms with E-state index in [4.69, 9.17) is 4.74 Å². The summed E-state index contributed by atoms with van der Waals surface area (Å²) < 4.78 is 5.39. The Balaban J connectivity index is 1.49. The summed E-state index contributed by atoms with van der Waals surface area (Å²) in [6.07, 6.45) is 6.83. The number of fused-ring (bicyclic) bond motifs is 1. The number of carbonyl (C=O) groups excluding carboxylic acids is 3. The number of hydrogen-bond acceptors (Lipinski definition) is 6. The van der Waals surface area contributed by atoms with E-state index in [0.717, 1.165) is 48.1 Å². The number of aryl methyl sites for hydroxylation is 2. The van der Waals surface area contributed by atoms with Gasteiger partial charge in [-0.3, -0.25) is 9.59 Å². The maximum Gasteiger partial charge on any atom is 0.341 e. The Bertz CT molecular complexity index is 1330. The summed E-state index contributed by atoms with van der Waals surface area (Å²) in [4.78, 5) is 41.2. The van der Waals surface area contributed by atoms with Gasteiger partial charge in [0.2, 0.25) is 5.91 Å². The van der Waals surface area contributed by atoms with Crippen molar-refractivity contribution in [2.45, 2.75) is 75.9 Å². The molecule has 1 aliphatic carbocycles. The molecule has 0 aliphatic heterocycles. The van der Waals surface area contributed by atoms with Gasteiger partial charge in [0.25, 0.3) is 5.91 Å². The molecule has 3 aromatic rings. The topological polar surface area (TPSA) is 84.5 Å². The molecule has 39 heavy (non-hydrogen) atoms. The van der Waals surface area contributed by atoms with Crippen LogP contribution in [0.25, 0.3) is 0 Å². The molecule has 0 fully saturated rings. The Morgan fingerprint density at radius 3 is 2.49 bits per heavy atom. The highest BCUT2D eigenvalue weighted by Crippen LogP contribution is 2.38. The summed E-state index contributed by atoms with van der Waals surface area (Å²) in [6, 6.07) is 15.0. The summed E-state index contributed by atoms with van der Waals surface area (Å²) in [6.45, 7) is 6.02. The minimum atomic E-state index is -0.368. The summed E-state index contributed by atoms with van der Waals surface area (Å²) in [7, 11) is 0. The van der Waals surface area contributed by atoms with Crippen LogP contribution >= 0.6 is 23.1 Å². The van der Waals surface area contributed by atoms with E-state index in [1.54, 1.807) is 13.0 Å². The quantitative estimate of drug-likeness (QED) is 0.206. The van der Waals surface area contributed by atoms with Gasteiger partial charge in [0.05, 0.1) is 17.4 Å². The van der Waals surface area contributed by atoms with Crippen molar-refractivity contribution in [3.05, 3.63) is 75.7 Å². The molecule has 1 heterocycles. The van der Waals surface area contributed by atoms with Crippen LogP contribution in [-0.2, 0) is 22.4 Å². The smallest absolute Gasteiger partial charge is 0.341 e. The molecule has 0 saturated carbocycles. The van der Waals surface area contributed by atoms with Gasteiger partial charge < -0.3 is 15.4 Å². The Morgan fingerprint density at radius 2 is 1.74 bits per heavy atom. The number of esters is 1. The maximum atomic E-state index is 13.5. The van der Waals surface area contributed by atoms with Gasteiger partial charge in [0.15, 0.2) is 0 Å². The van der Waals surface area contributed by atoms with Crippen molar-refractivity contribution < 1.29 is 19.1 Å². The summed E-state index contributed by atoms with van der Waals surface area (Å²) >= 11 is 2.97. The highest BCUT2D eigenvalue weighted by Gasteiger charge is 2.28. The van der Waals surface area contributed by atoms with E-state index in [9.17, 15) is 14.4 Å². The third kappa shape index (κ3) is 7.51. The second-order valence-corrected chi connectivity index (χ2v) is 12.1. The van der Waals surface area contributed by atoms with Crippen molar-refractivity contribution >= 4 is 51.6 Å². The predicted octanol–water partition coefficient (Wildman–Crippen LogP) is 7.65. The van der Waals surface area contributed by atoms with E-state index in [-0.39, 0.29) is 23.0 Å². The second kappa shape index (κ2) is 13.8. The van der Waals surface area contributed by atoms with Crippen molar-refractivity contribution in [2.75, 3.05) is 17.2 Å². The number of rotatable bonds is 9. The molecule has 0 radical (unpaired) electrons. The van der Waals surface area contributed by atoms with Crippen LogP contribution < -0.4 is 10.6 Å². The molecule has 0 bridgehead atoms. The first-order valence-corrected chi connectivity index (χ1v) is 15.4. The molecule has 6 nitrogen and oxygen atoms in total. The van der Waals surface area contributed by atoms with E-state index >= 15 is 0 Å². The van der Waals surface area contributed by atoms with Crippen LogP contribution in [0.4, 0.5) is 10.7 Å². The zero-order valence-corrected chi connectivity index (χ0v) is 24.4. The lowest BCUT2D eigenvalue weighted by Gasteiger charge is -2.16. The number of ether oxygens (including phenoxy) is 1. The van der Waals surface area contributed by atoms with Crippen LogP contribution in [0, 0.1) is 6.92 Å². The van der Waals surface area contributed by atoms with E-state index in [1.807, 2.05) is 56.3 Å². The highest BCUT2D eigenvalue weighted by molar-refractivity contribution is 8.00. The fourth-order valence-electron chi connectivity index (χ4n) is 4.74. The van der Waals surface area contributed by atoms with Crippen molar-refractivity contribution in [2.24, 2.45) is 0 Å². The van der Waals surface area contributed by atoms with Crippen LogP contribution in [0.2, 0.25) is 0 Å². The third-order valence-corrected chi connectivity index (χ3v) is 9.27. The molecule has 0 spiro atoms. The molecule has 2 amide bonds. The number of amides is 2. The standard InChI is InChI=1S/C31H36N2O4S2/c1-4-25(38-23-15-11-14-22(19-23)32-28(34)21-13-10-12-20(3)18-21)29(35)33-30-27(31(36)37-5-2)24-16-8-6-7-9-17-26(24)39-30/h10-15,18-19,25H,4-9,16-17H2,1-3H3,(H,32,34)(H,33,35). The average molecular weight is 565 g/mol. The number of thiophene rings is 1. The number of benzene rings is 2. The lowest BCUT2D eigenvalue weighted by atomic mass is 9.96. The largest absolute Gasteiger partial charge is 0.462 e. The first-order chi connectivity index (χ1) is 18.9. The molecule has 206 valence electrons. The Kier molecular flexibility index (Phi) is 10.2. The highest BCUT2D eigenvalue weighted by atomic mass is 32.2. The number of carbonyl (C=O) groups is 3. The van der Waals surface area contributed by atoms with E-state index in [0.29, 0.717) is 34.8 Å². The van der Waals surface area contributed by atoms with Crippen LogP contribution in [0.3, 0.4) is 0 Å². The van der Waals surface area contributed by atoms with Gasteiger partial charge in [0, 0.05) is 21.0 Å². The van der Waals surface area contributed by atoms with Crippen molar-refractivity contribution in [1.29, 1.82) is 0 Å². The van der Waals surface area contributed by atoms with Gasteiger partial charge in [-0.15, -0.1) is 23.1 Å². The molecule has 8 heteroatoms. The Morgan fingerprint density at radius 1 is 0.974 bits per heavy atom. The molecule has 2 aromatic carbocycles. The molecular weight excluding hydrogens is 528 g/mol. The van der Waals surface area contributed by atoms with Crippen molar-refractivity contribution in [3.8, 4) is 0 Å². The minimum Gasteiger partial charge on any atom is -0.462 e. The molecular formula is C31H36N2O4S2. The van der Waals surface area contributed by atoms with Crippen LogP contribution in [-0.4, -0.2) is 29.6 Å². The molecule has 1 aromatic heterocycles. The SMILES string of the molecule is CCOC(=O)c1c(NC(=O)C(CC)Sc2cccc(NC(=O)c3cccc(C)c3)c2)sc2c1CCCCCC2. The van der Waals surface area contributed by atoms with E-state index < -0.39 is 0 Å². The van der Waals surface area contributed by atoms with E-state index in [2.05, 4.69) is 10.6 Å². The summed E-state index contributed by atoms with van der Waals surface area (Å²) in [5, 5.41) is 6.27. The van der Waals surface area contributed by atoms with Crippen LogP contribution in [0.1, 0.15) is 82.7 Å². The lowest BCUT2D eigenvalue weighted by molar-refractivity contribution is -0.115. The van der Waals surface area contributed by atoms with Gasteiger partial charge in [-0.1, -0.05) is 43.5 Å². The van der Waals surface area contributed by atoms with Gasteiger partial charge in [-0.05, 0) is 81.8 Å². The summed E-state index contributed by atoms with van der Waals surface area (Å²) in [5.74, 6) is -0.675. The van der Waals surface area contributed by atoms with E-state index in [1.165, 1.54) is 34.4 Å². The zero-order chi connectivity index (χ0) is 27.8. The molecule has 2 N–H and O–H groups in total. The predicted molar refractivity (Wildman–Crippen MR) is 160 cm³/mol. The number of thioether (sulfide) groups is 1. The lowest BCUT2D eigenvalue weighted by Crippen LogP contribution is -2.25. The van der Waals surface area contributed by atoms with Crippen molar-refractivity contribution in [1.82, 2.24) is 0 Å². The van der Waals surface area contributed by atoms with Crippen molar-refractivity contribution in [3.63, 3.8) is 0 Å². The van der Waals surface area contributed by atoms with Gasteiger partial charge in [-0.2, -0.15) is 0 Å². The zero-order valence-electron chi connectivity index (χ0n) is 22.8.